The molecule has 0 bridgehead atoms. The number of hydrogen-bond donors (Lipinski definition) is 5. The molecule has 0 aliphatic rings. The Bertz CT molecular complexity index is 16.0. The second-order valence-electron chi connectivity index (χ2n) is 0.0745. The van der Waals surface area contributed by atoms with Crippen LogP contribution in [0, 0.1) is 0 Å². The van der Waals surface area contributed by atoms with E-state index in [9.17, 15) is 0 Å². The van der Waals surface area contributed by atoms with Gasteiger partial charge in [0.2, 0.25) is 0 Å². The predicted molar refractivity (Wildman–Crippen MR) is 20.7 cm³/mol. The van der Waals surface area contributed by atoms with Gasteiger partial charge in [-0.15, -0.1) is 12.4 Å². The van der Waals surface area contributed by atoms with Gasteiger partial charge in [-0.2, -0.15) is 0 Å². The maximum absolute atomic E-state index is 8.65. The molecule has 0 rings (SSSR count). The summed E-state index contributed by atoms with van der Waals surface area (Å²) in [5.41, 5.74) is 0. The van der Waals surface area contributed by atoms with Gasteiger partial charge in [-0.1, -0.05) is 0 Å². The molecule has 0 radical (unpaired) electrons. The Hall–Kier alpha value is 0.578. The topological polar surface area (TPSA) is 118 Å². The summed E-state index contributed by atoms with van der Waals surface area (Å²) >= 11 is -2.00. The molecule has 0 amide bonds. The van der Waals surface area contributed by atoms with Crippen molar-refractivity contribution in [3.63, 3.8) is 0 Å². The zero-order chi connectivity index (χ0) is 6.71. The van der Waals surface area contributed by atoms with Crippen molar-refractivity contribution in [3.05, 3.63) is 0 Å². The van der Waals surface area contributed by atoms with Crippen LogP contribution in [0.4, 0.5) is 0 Å². The van der Waals surface area contributed by atoms with E-state index >= 15 is 0 Å². The molecule has 55 valence electrons. The molecule has 0 fully saturated rings. The van der Waals surface area contributed by atoms with Crippen LogP contribution < -0.4 is 0 Å². The Morgan fingerprint density at radius 3 is 1.00 bits per heavy atom. The summed E-state index contributed by atoms with van der Waals surface area (Å²) in [5.74, 6) is 0. The zero-order valence-electron chi connectivity index (χ0n) is 3.46. The Balaban J connectivity index is -0.0000000147. The van der Waals surface area contributed by atoms with Crippen LogP contribution in [0.2, 0.25) is 0 Å². The summed E-state index contributed by atoms with van der Waals surface area (Å²) in [6.07, 6.45) is 0. The molecule has 0 saturated heterocycles. The van der Waals surface area contributed by atoms with Crippen LogP contribution in [-0.2, 0) is 22.3 Å². The predicted octanol–water partition coefficient (Wildman–Crippen LogP) is -0.222. The molecule has 8 heavy (non-hydrogen) atoms. The molecule has 0 atom stereocenters. The molecular formula is H6ClO6W. The fourth-order valence-corrected chi connectivity index (χ4v) is 0. The second kappa shape index (κ2) is 132. The van der Waals surface area contributed by atoms with Crippen LogP contribution in [0.15, 0.2) is 0 Å². The van der Waals surface area contributed by atoms with E-state index in [-0.39, 0.29) is 12.4 Å². The van der Waals surface area contributed by atoms with Crippen LogP contribution in [0.1, 0.15) is 0 Å². The average molecular weight is 321 g/mol. The van der Waals surface area contributed by atoms with E-state index in [2.05, 4.69) is 0 Å². The van der Waals surface area contributed by atoms with Crippen molar-refractivity contribution in [1.29, 1.82) is 0 Å². The van der Waals surface area contributed by atoms with Crippen molar-refractivity contribution >= 4 is 12.4 Å². The maximum atomic E-state index is 8.65. The van der Waals surface area contributed by atoms with E-state index in [0.29, 0.717) is 0 Å². The average Bonchev–Trinajstić information content (AvgIpc) is 1.78. The van der Waals surface area contributed by atoms with Gasteiger partial charge in [0.15, 0.2) is 0 Å². The third-order valence-electron chi connectivity index (χ3n) is 0. The number of hydrogen-bond acceptors (Lipinski definition) is 5. The minimum absolute atomic E-state index is 0. The SMILES string of the molecule is Cl.OO.OO.[O]=[W][OH]. The summed E-state index contributed by atoms with van der Waals surface area (Å²) in [7, 11) is 0. The van der Waals surface area contributed by atoms with Gasteiger partial charge in [0.05, 0.1) is 0 Å². The van der Waals surface area contributed by atoms with Crippen LogP contribution in [0.25, 0.3) is 0 Å². The number of rotatable bonds is 0. The molecule has 6 nitrogen and oxygen atoms in total. The summed E-state index contributed by atoms with van der Waals surface area (Å²) < 4.78 is 15.8. The molecule has 0 aromatic rings. The molecule has 0 unspecified atom stereocenters. The van der Waals surface area contributed by atoms with Crippen molar-refractivity contribution in [3.8, 4) is 0 Å². The monoisotopic (exact) mass is 321 g/mol. The van der Waals surface area contributed by atoms with E-state index in [0.717, 1.165) is 0 Å². The van der Waals surface area contributed by atoms with E-state index in [1.807, 2.05) is 0 Å². The Morgan fingerprint density at radius 2 is 1.00 bits per heavy atom. The van der Waals surface area contributed by atoms with Crippen LogP contribution in [-0.4, -0.2) is 24.8 Å². The van der Waals surface area contributed by atoms with E-state index in [1.165, 1.54) is 0 Å². The van der Waals surface area contributed by atoms with Crippen LogP contribution in [0.5, 0.6) is 0 Å². The molecule has 0 saturated carbocycles. The van der Waals surface area contributed by atoms with Crippen molar-refractivity contribution in [2.75, 3.05) is 0 Å². The molecule has 0 aromatic heterocycles. The molecular weight excluding hydrogens is 315 g/mol. The van der Waals surface area contributed by atoms with Gasteiger partial charge in [-0.25, -0.2) is 0 Å². The van der Waals surface area contributed by atoms with Gasteiger partial charge in [-0.05, 0) is 0 Å². The Kier molecular flexibility index (Phi) is 387. The van der Waals surface area contributed by atoms with Crippen molar-refractivity contribution < 1.29 is 47.1 Å². The van der Waals surface area contributed by atoms with Gasteiger partial charge in [-0.3, -0.25) is 21.0 Å². The van der Waals surface area contributed by atoms with Crippen molar-refractivity contribution in [1.82, 2.24) is 0 Å². The summed E-state index contributed by atoms with van der Waals surface area (Å²) in [6.45, 7) is 0. The fraction of sp³-hybridized carbons (Fsp3) is 0. The van der Waals surface area contributed by atoms with Gasteiger partial charge >= 0.3 is 26.1 Å². The zero-order valence-corrected chi connectivity index (χ0v) is 7.21. The third kappa shape index (κ3) is 612. The Labute approximate surface area is 60.0 Å². The van der Waals surface area contributed by atoms with Crippen LogP contribution >= 0.6 is 12.4 Å². The first-order valence-electron chi connectivity index (χ1n) is 0.749. The van der Waals surface area contributed by atoms with E-state index < -0.39 is 18.9 Å². The quantitative estimate of drug-likeness (QED) is 0.311. The van der Waals surface area contributed by atoms with Crippen LogP contribution in [0.3, 0.4) is 0 Å². The summed E-state index contributed by atoms with van der Waals surface area (Å²) in [4.78, 5) is 0. The standard InChI is InChI=1S/ClH.2H2O2.H2O.O.W/c;2*1-2;;;/h1H;2*1-2H;1H2;;/q;;;;;+1/p-1. The fourth-order valence-electron chi connectivity index (χ4n) is 0. The molecule has 0 aliphatic carbocycles. The number of halogens is 1. The molecule has 0 heterocycles. The van der Waals surface area contributed by atoms with Gasteiger partial charge in [0, 0.05) is 0 Å². The normalized spacial score (nSPS) is 3.12. The van der Waals surface area contributed by atoms with Gasteiger partial charge < -0.3 is 0 Å². The van der Waals surface area contributed by atoms with Gasteiger partial charge in [0.1, 0.15) is 0 Å². The first-order chi connectivity index (χ1) is 3.41. The first kappa shape index (κ1) is 23.5. The molecule has 8 heteroatoms. The van der Waals surface area contributed by atoms with Crippen molar-refractivity contribution in [2.24, 2.45) is 0 Å². The molecule has 0 aromatic carbocycles. The minimum atomic E-state index is -2.00. The van der Waals surface area contributed by atoms with Crippen molar-refractivity contribution in [2.45, 2.75) is 0 Å². The summed E-state index contributed by atoms with van der Waals surface area (Å²) in [6, 6.07) is 0. The molecule has 0 spiro atoms. The third-order valence-corrected chi connectivity index (χ3v) is 0. The van der Waals surface area contributed by atoms with E-state index in [1.54, 1.807) is 0 Å². The molecule has 0 aliphatic heterocycles. The van der Waals surface area contributed by atoms with E-state index in [4.69, 9.17) is 28.2 Å². The Morgan fingerprint density at radius 1 is 1.00 bits per heavy atom. The molecule has 5 N–H and O–H groups in total. The first-order valence-corrected chi connectivity index (χ1v) is 3.26. The second-order valence-corrected chi connectivity index (χ2v) is 0.610. The summed E-state index contributed by atoms with van der Waals surface area (Å²) in [5, 5.41) is 24.0. The van der Waals surface area contributed by atoms with Gasteiger partial charge in [0.25, 0.3) is 0 Å².